The minimum absolute atomic E-state index is 1.07. The molecule has 0 heterocycles. The molecule has 0 saturated heterocycles. The van der Waals surface area contributed by atoms with E-state index in [4.69, 9.17) is 23.2 Å². The van der Waals surface area contributed by atoms with Gasteiger partial charge < -0.3 is 0 Å². The minimum atomic E-state index is 1.07. The van der Waals surface area contributed by atoms with E-state index in [9.17, 15) is 0 Å². The summed E-state index contributed by atoms with van der Waals surface area (Å²) in [5.74, 6) is 0. The zero-order valence-electron chi connectivity index (χ0n) is 5.14. The third-order valence-corrected chi connectivity index (χ3v) is 1.03. The van der Waals surface area contributed by atoms with E-state index in [2.05, 4.69) is 0 Å². The molecule has 0 amide bonds. The molecular weight excluding hydrogens is 155 g/mol. The first-order valence-electron chi connectivity index (χ1n) is 2.51. The molecule has 0 aromatic rings. The predicted octanol–water partition coefficient (Wildman–Crippen LogP) is 3.44. The molecule has 0 rings (SSSR count). The molecule has 0 aliphatic carbocycles. The van der Waals surface area contributed by atoms with Crippen LogP contribution in [0.3, 0.4) is 0 Å². The molecule has 0 spiro atoms. The summed E-state index contributed by atoms with van der Waals surface area (Å²) in [7, 11) is 0. The lowest BCUT2D eigenvalue weighted by Crippen LogP contribution is -1.61. The summed E-state index contributed by atoms with van der Waals surface area (Å²) in [6.07, 6.45) is 5.40. The summed E-state index contributed by atoms with van der Waals surface area (Å²) < 4.78 is 0. The zero-order chi connectivity index (χ0) is 7.11. The first kappa shape index (κ1) is 8.80. The fraction of sp³-hybridized carbons (Fsp3) is 0.143. The first-order chi connectivity index (χ1) is 4.31. The van der Waals surface area contributed by atoms with E-state index in [0.717, 1.165) is 5.57 Å². The van der Waals surface area contributed by atoms with Crippen molar-refractivity contribution in [1.29, 1.82) is 0 Å². The molecule has 0 atom stereocenters. The molecule has 0 aliphatic heterocycles. The van der Waals surface area contributed by atoms with Gasteiger partial charge in [-0.15, -0.1) is 0 Å². The standard InChI is InChI=1S/C7H8Cl2/c1-7(4-6-9)3-2-5-8/h2-6H,1H3/b5-2+,6-4+,7-3-. The lowest BCUT2D eigenvalue weighted by molar-refractivity contribution is 1.53. The Balaban J connectivity index is 3.84. The van der Waals surface area contributed by atoms with Crippen LogP contribution < -0.4 is 0 Å². The van der Waals surface area contributed by atoms with Crippen molar-refractivity contribution in [2.24, 2.45) is 0 Å². The van der Waals surface area contributed by atoms with Crippen LogP contribution in [0, 0.1) is 0 Å². The van der Waals surface area contributed by atoms with Crippen LogP contribution in [0.15, 0.2) is 34.9 Å². The van der Waals surface area contributed by atoms with Crippen molar-refractivity contribution in [1.82, 2.24) is 0 Å². The molecule has 0 fully saturated rings. The second-order valence-corrected chi connectivity index (χ2v) is 2.03. The van der Waals surface area contributed by atoms with Gasteiger partial charge in [-0.3, -0.25) is 0 Å². The topological polar surface area (TPSA) is 0 Å². The monoisotopic (exact) mass is 162 g/mol. The van der Waals surface area contributed by atoms with Crippen LogP contribution in [-0.2, 0) is 0 Å². The van der Waals surface area contributed by atoms with Gasteiger partial charge in [-0.1, -0.05) is 40.9 Å². The number of rotatable bonds is 2. The molecule has 0 aromatic carbocycles. The summed E-state index contributed by atoms with van der Waals surface area (Å²) >= 11 is 10.6. The minimum Gasteiger partial charge on any atom is -0.0930 e. The lowest BCUT2D eigenvalue weighted by atomic mass is 10.3. The van der Waals surface area contributed by atoms with Crippen molar-refractivity contribution in [3.05, 3.63) is 34.9 Å². The van der Waals surface area contributed by atoms with Gasteiger partial charge in [-0.25, -0.2) is 0 Å². The second kappa shape index (κ2) is 5.93. The van der Waals surface area contributed by atoms with Crippen molar-refractivity contribution in [3.63, 3.8) is 0 Å². The summed E-state index contributed by atoms with van der Waals surface area (Å²) in [6.45, 7) is 1.94. The van der Waals surface area contributed by atoms with E-state index in [1.807, 2.05) is 13.0 Å². The maximum absolute atomic E-state index is 5.30. The van der Waals surface area contributed by atoms with Gasteiger partial charge in [0.15, 0.2) is 0 Å². The highest BCUT2D eigenvalue weighted by molar-refractivity contribution is 6.25. The van der Waals surface area contributed by atoms with E-state index in [1.165, 1.54) is 11.1 Å². The fourth-order valence-corrected chi connectivity index (χ4v) is 0.615. The maximum atomic E-state index is 5.30. The molecule has 0 aliphatic rings. The SMILES string of the molecule is CC(=C/C=C/Cl)/C=C/Cl. The smallest absolute Gasteiger partial charge is 0.00450 e. The Hall–Kier alpha value is -0.200. The number of allylic oxidation sites excluding steroid dienone is 4. The zero-order valence-corrected chi connectivity index (χ0v) is 6.65. The highest BCUT2D eigenvalue weighted by Crippen LogP contribution is 1.96. The third kappa shape index (κ3) is 5.67. The molecule has 0 bridgehead atoms. The Labute approximate surface area is 65.5 Å². The van der Waals surface area contributed by atoms with Crippen LogP contribution >= 0.6 is 23.2 Å². The van der Waals surface area contributed by atoms with Crippen molar-refractivity contribution in [2.45, 2.75) is 6.92 Å². The molecule has 0 saturated carbocycles. The number of hydrogen-bond donors (Lipinski definition) is 0. The van der Waals surface area contributed by atoms with Crippen LogP contribution in [0.4, 0.5) is 0 Å². The van der Waals surface area contributed by atoms with Crippen LogP contribution in [0.2, 0.25) is 0 Å². The summed E-state index contributed by atoms with van der Waals surface area (Å²) in [5, 5.41) is 0. The first-order valence-corrected chi connectivity index (χ1v) is 3.39. The molecule has 0 nitrogen and oxygen atoms in total. The van der Waals surface area contributed by atoms with Gasteiger partial charge in [0.25, 0.3) is 0 Å². The highest BCUT2D eigenvalue weighted by Gasteiger charge is 1.73. The average Bonchev–Trinajstić information content (AvgIpc) is 1.85. The molecule has 0 aromatic heterocycles. The molecule has 9 heavy (non-hydrogen) atoms. The van der Waals surface area contributed by atoms with E-state index in [-0.39, 0.29) is 0 Å². The fourth-order valence-electron chi connectivity index (χ4n) is 0.343. The van der Waals surface area contributed by atoms with E-state index in [0.29, 0.717) is 0 Å². The highest BCUT2D eigenvalue weighted by atomic mass is 35.5. The van der Waals surface area contributed by atoms with Crippen LogP contribution in [0.5, 0.6) is 0 Å². The van der Waals surface area contributed by atoms with Crippen LogP contribution in [0.1, 0.15) is 6.92 Å². The Kier molecular flexibility index (Phi) is 5.80. The summed E-state index contributed by atoms with van der Waals surface area (Å²) in [5.41, 5.74) is 3.99. The van der Waals surface area contributed by atoms with E-state index in [1.54, 1.807) is 12.2 Å². The largest absolute Gasteiger partial charge is 0.0930 e. The van der Waals surface area contributed by atoms with Gasteiger partial charge in [0.05, 0.1) is 0 Å². The van der Waals surface area contributed by atoms with E-state index >= 15 is 0 Å². The summed E-state index contributed by atoms with van der Waals surface area (Å²) in [4.78, 5) is 0. The molecule has 0 N–H and O–H groups in total. The van der Waals surface area contributed by atoms with Crippen molar-refractivity contribution in [3.8, 4) is 0 Å². The van der Waals surface area contributed by atoms with Gasteiger partial charge in [-0.05, 0) is 13.0 Å². The van der Waals surface area contributed by atoms with Gasteiger partial charge in [0, 0.05) is 11.1 Å². The maximum Gasteiger partial charge on any atom is 0.00450 e. The van der Waals surface area contributed by atoms with E-state index < -0.39 is 0 Å². The molecule has 50 valence electrons. The summed E-state index contributed by atoms with van der Waals surface area (Å²) in [6, 6.07) is 0. The Morgan fingerprint density at radius 3 is 2.33 bits per heavy atom. The quantitative estimate of drug-likeness (QED) is 0.547. The van der Waals surface area contributed by atoms with Crippen molar-refractivity contribution < 1.29 is 0 Å². The second-order valence-electron chi connectivity index (χ2n) is 1.52. The van der Waals surface area contributed by atoms with Crippen LogP contribution in [0.25, 0.3) is 0 Å². The molecular formula is C7H8Cl2. The molecule has 0 unspecified atom stereocenters. The Bertz CT molecular complexity index is 143. The lowest BCUT2D eigenvalue weighted by Gasteiger charge is -1.82. The van der Waals surface area contributed by atoms with Crippen molar-refractivity contribution in [2.75, 3.05) is 0 Å². The van der Waals surface area contributed by atoms with Crippen LogP contribution in [-0.4, -0.2) is 0 Å². The Morgan fingerprint density at radius 1 is 1.22 bits per heavy atom. The third-order valence-electron chi connectivity index (χ3n) is 0.758. The Morgan fingerprint density at radius 2 is 1.89 bits per heavy atom. The van der Waals surface area contributed by atoms with Gasteiger partial charge in [0.2, 0.25) is 0 Å². The normalized spacial score (nSPS) is 13.9. The molecule has 2 heteroatoms. The average molecular weight is 163 g/mol. The van der Waals surface area contributed by atoms with Gasteiger partial charge >= 0.3 is 0 Å². The van der Waals surface area contributed by atoms with Gasteiger partial charge in [0.1, 0.15) is 0 Å². The van der Waals surface area contributed by atoms with Gasteiger partial charge in [-0.2, -0.15) is 0 Å². The van der Waals surface area contributed by atoms with Crippen molar-refractivity contribution >= 4 is 23.2 Å². The number of halogens is 2. The predicted molar refractivity (Wildman–Crippen MR) is 43.7 cm³/mol. The molecule has 0 radical (unpaired) electrons. The number of hydrogen-bond acceptors (Lipinski definition) is 0.